The van der Waals surface area contributed by atoms with Gasteiger partial charge in [-0.05, 0) is 35.8 Å². The van der Waals surface area contributed by atoms with Gasteiger partial charge in [-0.2, -0.15) is 8.78 Å². The van der Waals surface area contributed by atoms with Gasteiger partial charge in [-0.25, -0.2) is 4.98 Å². The van der Waals surface area contributed by atoms with Gasteiger partial charge in [-0.15, -0.1) is 0 Å². The van der Waals surface area contributed by atoms with E-state index in [9.17, 15) is 23.5 Å². The highest BCUT2D eigenvalue weighted by molar-refractivity contribution is 9.09. The van der Waals surface area contributed by atoms with Gasteiger partial charge in [0.15, 0.2) is 0 Å². The first-order chi connectivity index (χ1) is 12.0. The lowest BCUT2D eigenvalue weighted by atomic mass is 10.1. The molecular weight excluding hydrogens is 439 g/mol. The fraction of sp³-hybridized carbons (Fsp3) is 0.357. The molecule has 0 spiro atoms. The van der Waals surface area contributed by atoms with E-state index in [2.05, 4.69) is 20.9 Å². The van der Waals surface area contributed by atoms with Crippen LogP contribution in [0, 0.1) is 10.1 Å². The number of nitrogen functional groups attached to an aromatic ring is 1. The summed E-state index contributed by atoms with van der Waals surface area (Å²) in [6, 6.07) is 3.36. The van der Waals surface area contributed by atoms with Crippen LogP contribution in [0.3, 0.4) is 0 Å². The molecule has 0 fully saturated rings. The van der Waals surface area contributed by atoms with Crippen LogP contribution in [0.15, 0.2) is 18.2 Å². The summed E-state index contributed by atoms with van der Waals surface area (Å²) in [4.78, 5) is 10.4. The normalized spacial score (nSPS) is 12.5. The van der Waals surface area contributed by atoms with Crippen molar-refractivity contribution in [1.29, 1.82) is 0 Å². The Labute approximate surface area is 155 Å². The van der Waals surface area contributed by atoms with Crippen molar-refractivity contribution in [3.05, 3.63) is 34.0 Å². The fourth-order valence-corrected chi connectivity index (χ4v) is 4.68. The Hall–Kier alpha value is -1.68. The number of halogens is 3. The first-order valence-corrected chi connectivity index (χ1v) is 9.73. The lowest BCUT2D eigenvalue weighted by Gasteiger charge is -2.23. The molecule has 1 aromatic carbocycles. The first kappa shape index (κ1) is 20.6. The van der Waals surface area contributed by atoms with Gasteiger partial charge >= 0.3 is 12.4 Å². The molecule has 2 aromatic rings. The standard InChI is InChI=1S/C14H15BrF2N3O5P/c1-3-24-26(23,25-4-2)12-11(18)9-7-8(20(21)22)5-6-10(9)19-13(12)14(15,16)17/h5-7H,3-4H2,1-2H3,(H2,18,19). The number of rotatable bonds is 7. The Morgan fingerprint density at radius 1 is 1.35 bits per heavy atom. The van der Waals surface area contributed by atoms with E-state index in [-0.39, 0.29) is 35.5 Å². The van der Waals surface area contributed by atoms with Crippen molar-refractivity contribution in [2.75, 3.05) is 18.9 Å². The van der Waals surface area contributed by atoms with E-state index >= 15 is 0 Å². The highest BCUT2D eigenvalue weighted by Gasteiger charge is 2.43. The molecule has 0 atom stereocenters. The Kier molecular flexibility index (Phi) is 5.96. The van der Waals surface area contributed by atoms with Gasteiger partial charge in [0.25, 0.3) is 5.69 Å². The molecule has 0 aliphatic rings. The quantitative estimate of drug-likeness (QED) is 0.290. The number of hydrogen-bond acceptors (Lipinski definition) is 7. The number of hydrogen-bond donors (Lipinski definition) is 1. The lowest BCUT2D eigenvalue weighted by molar-refractivity contribution is -0.384. The minimum Gasteiger partial charge on any atom is -0.397 e. The van der Waals surface area contributed by atoms with E-state index in [0.29, 0.717) is 0 Å². The Balaban J connectivity index is 2.94. The third-order valence-electron chi connectivity index (χ3n) is 3.33. The summed E-state index contributed by atoms with van der Waals surface area (Å²) in [5, 5.41) is 10.4. The van der Waals surface area contributed by atoms with Crippen LogP contribution in [-0.2, 0) is 18.4 Å². The summed E-state index contributed by atoms with van der Waals surface area (Å²) in [5.41, 5.74) is 4.33. The van der Waals surface area contributed by atoms with Crippen LogP contribution in [0.5, 0.6) is 0 Å². The zero-order valence-electron chi connectivity index (χ0n) is 13.7. The summed E-state index contributed by atoms with van der Waals surface area (Å²) >= 11 is 2.20. The third-order valence-corrected chi connectivity index (χ3v) is 5.91. The summed E-state index contributed by atoms with van der Waals surface area (Å²) in [6.07, 6.45) is 0. The molecule has 0 radical (unpaired) electrons. The molecular formula is C14H15BrF2N3O5P. The summed E-state index contributed by atoms with van der Waals surface area (Å²) in [5.74, 6) is 0. The summed E-state index contributed by atoms with van der Waals surface area (Å²) < 4.78 is 51.6. The number of non-ortho nitro benzene ring substituents is 1. The van der Waals surface area contributed by atoms with Crippen molar-refractivity contribution in [2.24, 2.45) is 0 Å². The molecule has 0 saturated heterocycles. The van der Waals surface area contributed by atoms with Crippen LogP contribution in [0.25, 0.3) is 10.9 Å². The molecule has 0 saturated carbocycles. The molecule has 0 bridgehead atoms. The van der Waals surface area contributed by atoms with Crippen LogP contribution >= 0.6 is 23.5 Å². The van der Waals surface area contributed by atoms with Crippen molar-refractivity contribution in [1.82, 2.24) is 4.98 Å². The molecule has 0 aliphatic heterocycles. The SMILES string of the molecule is CCOP(=O)(OCC)c1c(C(F)(F)Br)nc2ccc([N+](=O)[O-])cc2c1N. The number of aromatic nitrogens is 1. The molecule has 0 amide bonds. The van der Waals surface area contributed by atoms with Crippen molar-refractivity contribution < 1.29 is 27.3 Å². The molecule has 12 heteroatoms. The molecule has 26 heavy (non-hydrogen) atoms. The maximum Gasteiger partial charge on any atom is 0.365 e. The number of nitro benzene ring substituents is 1. The van der Waals surface area contributed by atoms with Gasteiger partial charge in [0.2, 0.25) is 0 Å². The van der Waals surface area contributed by atoms with Crippen molar-refractivity contribution in [3.63, 3.8) is 0 Å². The van der Waals surface area contributed by atoms with Gasteiger partial charge in [0.05, 0.1) is 29.3 Å². The maximum absolute atomic E-state index is 14.1. The van der Waals surface area contributed by atoms with Crippen molar-refractivity contribution in [3.8, 4) is 0 Å². The number of benzene rings is 1. The molecule has 142 valence electrons. The average Bonchev–Trinajstić information content (AvgIpc) is 2.53. The van der Waals surface area contributed by atoms with Gasteiger partial charge in [-0.1, -0.05) is 0 Å². The van der Waals surface area contributed by atoms with Crippen LogP contribution in [0.4, 0.5) is 20.2 Å². The highest BCUT2D eigenvalue weighted by Crippen LogP contribution is 2.52. The van der Waals surface area contributed by atoms with Gasteiger partial charge in [-0.3, -0.25) is 14.7 Å². The second-order valence-electron chi connectivity index (χ2n) is 5.01. The van der Waals surface area contributed by atoms with Gasteiger partial charge in [0, 0.05) is 17.5 Å². The van der Waals surface area contributed by atoms with Crippen LogP contribution < -0.4 is 11.0 Å². The highest BCUT2D eigenvalue weighted by atomic mass is 79.9. The van der Waals surface area contributed by atoms with E-state index in [0.717, 1.165) is 12.1 Å². The largest absolute Gasteiger partial charge is 0.397 e. The zero-order chi connectivity index (χ0) is 19.7. The Bertz CT molecular complexity index is 896. The molecule has 8 nitrogen and oxygen atoms in total. The lowest BCUT2D eigenvalue weighted by Crippen LogP contribution is -2.26. The molecule has 1 heterocycles. The first-order valence-electron chi connectivity index (χ1n) is 7.39. The molecule has 0 unspecified atom stereocenters. The molecule has 0 aliphatic carbocycles. The zero-order valence-corrected chi connectivity index (χ0v) is 16.2. The second kappa shape index (κ2) is 7.51. The van der Waals surface area contributed by atoms with Gasteiger partial charge < -0.3 is 14.8 Å². The van der Waals surface area contributed by atoms with E-state index in [4.69, 9.17) is 14.8 Å². The average molecular weight is 454 g/mol. The van der Waals surface area contributed by atoms with Crippen molar-refractivity contribution in [2.45, 2.75) is 18.7 Å². The predicted molar refractivity (Wildman–Crippen MR) is 96.1 cm³/mol. The van der Waals surface area contributed by atoms with E-state index in [1.807, 2.05) is 0 Å². The Morgan fingerprint density at radius 2 is 1.92 bits per heavy atom. The second-order valence-corrected chi connectivity index (χ2v) is 7.97. The molecule has 2 rings (SSSR count). The van der Waals surface area contributed by atoms with Crippen LogP contribution in [0.1, 0.15) is 19.5 Å². The van der Waals surface area contributed by atoms with E-state index < -0.39 is 28.3 Å². The number of alkyl halides is 3. The molecule has 1 aromatic heterocycles. The number of nitrogens with two attached hydrogens (primary N) is 1. The maximum atomic E-state index is 14.1. The van der Waals surface area contributed by atoms with E-state index in [1.54, 1.807) is 0 Å². The minimum absolute atomic E-state index is 0.00525. The number of anilines is 1. The number of fused-ring (bicyclic) bond motifs is 1. The number of nitrogens with zero attached hydrogens (tertiary/aromatic N) is 2. The van der Waals surface area contributed by atoms with Crippen LogP contribution in [-0.4, -0.2) is 23.1 Å². The predicted octanol–water partition coefficient (Wildman–Crippen LogP) is 4.06. The van der Waals surface area contributed by atoms with Crippen LogP contribution in [0.2, 0.25) is 0 Å². The summed E-state index contributed by atoms with van der Waals surface area (Å²) in [6.45, 7) is 2.81. The number of nitro groups is 1. The van der Waals surface area contributed by atoms with Crippen molar-refractivity contribution >= 4 is 51.1 Å². The minimum atomic E-state index is -4.25. The topological polar surface area (TPSA) is 118 Å². The Morgan fingerprint density at radius 3 is 2.38 bits per heavy atom. The summed E-state index contributed by atoms with van der Waals surface area (Å²) in [7, 11) is -4.25. The monoisotopic (exact) mass is 453 g/mol. The number of pyridine rings is 1. The van der Waals surface area contributed by atoms with E-state index in [1.165, 1.54) is 19.9 Å². The third kappa shape index (κ3) is 3.85. The van der Waals surface area contributed by atoms with Gasteiger partial charge in [0.1, 0.15) is 11.0 Å². The smallest absolute Gasteiger partial charge is 0.365 e. The molecule has 2 N–H and O–H groups in total. The fourth-order valence-electron chi connectivity index (χ4n) is 2.36.